The zero-order chi connectivity index (χ0) is 22.9. The fourth-order valence-electron chi connectivity index (χ4n) is 6.05. The molecule has 0 saturated heterocycles. The molecule has 5 rings (SSSR count). The van der Waals surface area contributed by atoms with E-state index in [0.29, 0.717) is 22.8 Å². The van der Waals surface area contributed by atoms with Crippen LogP contribution in [0.1, 0.15) is 62.2 Å². The summed E-state index contributed by atoms with van der Waals surface area (Å²) in [5, 5.41) is 0.980. The van der Waals surface area contributed by atoms with Crippen molar-refractivity contribution in [1.82, 2.24) is 9.46 Å². The molecule has 0 atom stereocenters. The van der Waals surface area contributed by atoms with Gasteiger partial charge in [-0.25, -0.2) is 0 Å². The molecule has 2 aliphatic heterocycles. The number of benzene rings is 1. The van der Waals surface area contributed by atoms with Crippen LogP contribution in [0.3, 0.4) is 0 Å². The monoisotopic (exact) mass is 431 g/mol. The Kier molecular flexibility index (Phi) is 4.56. The van der Waals surface area contributed by atoms with Crippen molar-refractivity contribution >= 4 is 29.2 Å². The Balaban J connectivity index is 2.03. The standard InChI is InChI=1S/C26H28BF2N3/c1-7-19-15(3)25-24(22-11-9-13-23-21(22)12-10-14-30-23)26-16(4)20(8-2)18(6)32(26)27(28,29)31(25)17(19)5/h9-14H,7-8H2,1-6H3. The predicted octanol–water partition coefficient (Wildman–Crippen LogP) is 6.42. The minimum atomic E-state index is -4.01. The van der Waals surface area contributed by atoms with Gasteiger partial charge in [-0.1, -0.05) is 32.0 Å². The van der Waals surface area contributed by atoms with Crippen LogP contribution in [0.25, 0.3) is 16.5 Å². The number of rotatable bonds is 3. The lowest BCUT2D eigenvalue weighted by Crippen LogP contribution is -2.51. The lowest BCUT2D eigenvalue weighted by Gasteiger charge is -2.34. The normalized spacial score (nSPS) is 17.5. The Bertz CT molecular complexity index is 1400. The van der Waals surface area contributed by atoms with Gasteiger partial charge in [0.25, 0.3) is 0 Å². The van der Waals surface area contributed by atoms with Crippen molar-refractivity contribution in [2.45, 2.75) is 54.4 Å². The fraction of sp³-hybridized carbons (Fsp3) is 0.308. The third kappa shape index (κ3) is 2.46. The van der Waals surface area contributed by atoms with Gasteiger partial charge in [0.1, 0.15) is 5.71 Å². The summed E-state index contributed by atoms with van der Waals surface area (Å²) in [6.07, 6.45) is 3.22. The molecule has 0 radical (unpaired) electrons. The molecule has 0 saturated carbocycles. The molecule has 2 aliphatic rings. The van der Waals surface area contributed by atoms with Crippen molar-refractivity contribution in [2.75, 3.05) is 0 Å². The van der Waals surface area contributed by atoms with Gasteiger partial charge < -0.3 is 17.6 Å². The van der Waals surface area contributed by atoms with Crippen LogP contribution in [0.2, 0.25) is 0 Å². The molecule has 0 amide bonds. The number of hydrogen-bond donors (Lipinski definition) is 0. The van der Waals surface area contributed by atoms with Crippen LogP contribution in [0.15, 0.2) is 53.4 Å². The van der Waals surface area contributed by atoms with Crippen molar-refractivity contribution in [3.05, 3.63) is 81.5 Å². The van der Waals surface area contributed by atoms with E-state index in [0.717, 1.165) is 57.2 Å². The molecule has 1 aromatic carbocycles. The molecule has 0 bridgehead atoms. The van der Waals surface area contributed by atoms with Gasteiger partial charge in [-0.2, -0.15) is 0 Å². The Labute approximate surface area is 187 Å². The molecule has 32 heavy (non-hydrogen) atoms. The lowest BCUT2D eigenvalue weighted by molar-refractivity contribution is -0.363. The molecule has 0 spiro atoms. The van der Waals surface area contributed by atoms with Gasteiger partial charge in [0.15, 0.2) is 5.70 Å². The van der Waals surface area contributed by atoms with Gasteiger partial charge in [-0.15, -0.1) is 0 Å². The molecule has 4 heterocycles. The first-order valence-electron chi connectivity index (χ1n) is 11.4. The highest BCUT2D eigenvalue weighted by Gasteiger charge is 2.56. The number of aromatic nitrogens is 2. The summed E-state index contributed by atoms with van der Waals surface area (Å²) in [6.45, 7) is 7.74. The van der Waals surface area contributed by atoms with Crippen LogP contribution in [-0.2, 0) is 6.42 Å². The Morgan fingerprint density at radius 3 is 2.44 bits per heavy atom. The van der Waals surface area contributed by atoms with Crippen molar-refractivity contribution < 1.29 is 13.1 Å². The average Bonchev–Trinajstić information content (AvgIpc) is 3.18. The minimum absolute atomic E-state index is 0.649. The molecule has 0 unspecified atom stereocenters. The third-order valence-electron chi connectivity index (χ3n) is 7.41. The molecular formula is C26H28BF2N3. The maximum absolute atomic E-state index is 16.3. The van der Waals surface area contributed by atoms with Gasteiger partial charge >= 0.3 is 6.97 Å². The second kappa shape index (κ2) is 6.99. The van der Waals surface area contributed by atoms with Crippen molar-refractivity contribution in [2.24, 2.45) is 0 Å². The first-order chi connectivity index (χ1) is 15.3. The van der Waals surface area contributed by atoms with E-state index in [2.05, 4.69) is 4.98 Å². The molecule has 6 heteroatoms. The number of hydrogen-bond acceptors (Lipinski definition) is 1. The molecule has 2 aromatic heterocycles. The lowest BCUT2D eigenvalue weighted by atomic mass is 9.83. The van der Waals surface area contributed by atoms with E-state index < -0.39 is 6.97 Å². The molecule has 164 valence electrons. The summed E-state index contributed by atoms with van der Waals surface area (Å²) >= 11 is 0. The van der Waals surface area contributed by atoms with E-state index in [4.69, 9.17) is 0 Å². The summed E-state index contributed by atoms with van der Waals surface area (Å²) in [5.74, 6) is 0. The summed E-state index contributed by atoms with van der Waals surface area (Å²) in [5.41, 5.74) is 9.25. The van der Waals surface area contributed by atoms with Crippen molar-refractivity contribution in [3.8, 4) is 0 Å². The molecule has 3 nitrogen and oxygen atoms in total. The van der Waals surface area contributed by atoms with Gasteiger partial charge in [0.2, 0.25) is 0 Å². The fourth-order valence-corrected chi connectivity index (χ4v) is 6.05. The van der Waals surface area contributed by atoms with Gasteiger partial charge in [-0.05, 0) is 68.1 Å². The van der Waals surface area contributed by atoms with Crippen molar-refractivity contribution in [3.63, 3.8) is 0 Å². The summed E-state index contributed by atoms with van der Waals surface area (Å²) in [4.78, 5) is 4.53. The molecule has 0 N–H and O–H groups in total. The number of nitrogens with zero attached hydrogens (tertiary/aromatic N) is 3. The second-order valence-electron chi connectivity index (χ2n) is 8.86. The van der Waals surface area contributed by atoms with E-state index in [1.807, 2.05) is 71.9 Å². The maximum Gasteiger partial charge on any atom is 0.737 e. The van der Waals surface area contributed by atoms with Crippen LogP contribution >= 0.6 is 0 Å². The van der Waals surface area contributed by atoms with Crippen molar-refractivity contribution in [1.29, 1.82) is 0 Å². The first kappa shape index (κ1) is 20.9. The summed E-state index contributed by atoms with van der Waals surface area (Å²) < 4.78 is 35.3. The highest BCUT2D eigenvalue weighted by atomic mass is 19.2. The topological polar surface area (TPSA) is 20.8 Å². The van der Waals surface area contributed by atoms with Gasteiger partial charge in [0.05, 0.1) is 11.1 Å². The van der Waals surface area contributed by atoms with E-state index >= 15 is 8.63 Å². The quantitative estimate of drug-likeness (QED) is 0.438. The van der Waals surface area contributed by atoms with E-state index in [9.17, 15) is 0 Å². The smallest absolute Gasteiger partial charge is 0.393 e. The van der Waals surface area contributed by atoms with E-state index in [1.165, 1.54) is 8.96 Å². The van der Waals surface area contributed by atoms with E-state index in [-0.39, 0.29) is 0 Å². The highest BCUT2D eigenvalue weighted by molar-refractivity contribution is 6.58. The Hall–Kier alpha value is -3.02. The number of halogens is 2. The van der Waals surface area contributed by atoms with Crippen LogP contribution in [0.4, 0.5) is 8.63 Å². The Morgan fingerprint density at radius 1 is 1.00 bits per heavy atom. The molecular weight excluding hydrogens is 403 g/mol. The SMILES string of the molecule is CCC1=C(C)C2=C(c3cccc4ncccc34)c3c(C)c(CC)c(C)n3[B-](F)(F)[N+]2=C1C. The summed E-state index contributed by atoms with van der Waals surface area (Å²) in [6, 6.07) is 9.95. The molecule has 0 fully saturated rings. The largest absolute Gasteiger partial charge is 0.737 e. The maximum atomic E-state index is 16.3. The van der Waals surface area contributed by atoms with Gasteiger partial charge in [-0.3, -0.25) is 4.98 Å². The molecule has 3 aromatic rings. The number of pyridine rings is 1. The van der Waals surface area contributed by atoms with Crippen LogP contribution in [0, 0.1) is 13.8 Å². The molecule has 0 aliphatic carbocycles. The predicted molar refractivity (Wildman–Crippen MR) is 128 cm³/mol. The Morgan fingerprint density at radius 2 is 1.75 bits per heavy atom. The number of fused-ring (bicyclic) bond motifs is 3. The van der Waals surface area contributed by atoms with Crippen LogP contribution in [0.5, 0.6) is 0 Å². The summed E-state index contributed by atoms with van der Waals surface area (Å²) in [7, 11) is 0. The first-order valence-corrected chi connectivity index (χ1v) is 11.4. The second-order valence-corrected chi connectivity index (χ2v) is 8.86. The zero-order valence-electron chi connectivity index (χ0n) is 19.6. The zero-order valence-corrected chi connectivity index (χ0v) is 19.6. The highest BCUT2D eigenvalue weighted by Crippen LogP contribution is 2.48. The average molecular weight is 431 g/mol. The van der Waals surface area contributed by atoms with Crippen LogP contribution in [-0.4, -0.2) is 26.6 Å². The number of allylic oxidation sites excluding steroid dienone is 2. The van der Waals surface area contributed by atoms with Gasteiger partial charge in [0, 0.05) is 35.3 Å². The minimum Gasteiger partial charge on any atom is -0.393 e. The third-order valence-corrected chi connectivity index (χ3v) is 7.41. The van der Waals surface area contributed by atoms with E-state index in [1.54, 1.807) is 6.20 Å². The van der Waals surface area contributed by atoms with Crippen LogP contribution < -0.4 is 0 Å².